The third-order valence-corrected chi connectivity index (χ3v) is 4.46. The molecule has 1 aromatic carbocycles. The number of benzene rings is 1. The molecule has 0 heterocycles. The number of carbonyl (C=O) groups is 1. The molecule has 0 aliphatic heterocycles. The first-order valence-corrected chi connectivity index (χ1v) is 8.33. The van der Waals surface area contributed by atoms with Crippen LogP contribution in [0.15, 0.2) is 24.3 Å². The van der Waals surface area contributed by atoms with E-state index in [1.165, 1.54) is 32.1 Å². The molecule has 0 bridgehead atoms. The van der Waals surface area contributed by atoms with E-state index in [0.717, 1.165) is 37.1 Å². The van der Waals surface area contributed by atoms with Gasteiger partial charge in [0.15, 0.2) is 0 Å². The summed E-state index contributed by atoms with van der Waals surface area (Å²) in [5.41, 5.74) is 7.31. The lowest BCUT2D eigenvalue weighted by Gasteiger charge is -2.16. The highest BCUT2D eigenvalue weighted by molar-refractivity contribution is 5.91. The van der Waals surface area contributed by atoms with Crippen LogP contribution in [-0.4, -0.2) is 12.5 Å². The van der Waals surface area contributed by atoms with Gasteiger partial charge in [0.1, 0.15) is 0 Å². The molecule has 0 atom stereocenters. The molecule has 0 radical (unpaired) electrons. The Bertz CT molecular complexity index is 449. The number of anilines is 1. The topological polar surface area (TPSA) is 55.1 Å². The van der Waals surface area contributed by atoms with Crippen molar-refractivity contribution in [3.8, 4) is 0 Å². The summed E-state index contributed by atoms with van der Waals surface area (Å²) < 4.78 is 0. The molecule has 0 saturated heterocycles. The van der Waals surface area contributed by atoms with E-state index < -0.39 is 0 Å². The minimum Gasteiger partial charge on any atom is -0.399 e. The summed E-state index contributed by atoms with van der Waals surface area (Å²) in [7, 11) is 0. The van der Waals surface area contributed by atoms with Crippen molar-refractivity contribution in [2.24, 2.45) is 0 Å². The van der Waals surface area contributed by atoms with E-state index in [1.54, 1.807) is 0 Å². The van der Waals surface area contributed by atoms with Crippen LogP contribution in [-0.2, 0) is 10.2 Å². The molecule has 3 heteroatoms. The molecule has 21 heavy (non-hydrogen) atoms. The Morgan fingerprint density at radius 1 is 1.10 bits per heavy atom. The molecule has 1 aliphatic carbocycles. The van der Waals surface area contributed by atoms with Gasteiger partial charge in [0, 0.05) is 12.2 Å². The first-order chi connectivity index (χ1) is 10.2. The van der Waals surface area contributed by atoms with E-state index in [4.69, 9.17) is 5.73 Å². The van der Waals surface area contributed by atoms with Crippen LogP contribution in [0.3, 0.4) is 0 Å². The van der Waals surface area contributed by atoms with Crippen molar-refractivity contribution < 1.29 is 4.79 Å². The molecule has 1 fully saturated rings. The van der Waals surface area contributed by atoms with Gasteiger partial charge >= 0.3 is 0 Å². The van der Waals surface area contributed by atoms with E-state index in [-0.39, 0.29) is 11.3 Å². The summed E-state index contributed by atoms with van der Waals surface area (Å²) in [6, 6.07) is 7.76. The summed E-state index contributed by atoms with van der Waals surface area (Å²) in [5, 5.41) is 3.12. The van der Waals surface area contributed by atoms with E-state index in [2.05, 4.69) is 12.2 Å². The molecule has 3 nitrogen and oxygen atoms in total. The molecule has 0 unspecified atom stereocenters. The molecular weight excluding hydrogens is 260 g/mol. The quantitative estimate of drug-likeness (QED) is 0.537. The molecule has 2 rings (SSSR count). The number of hydrogen-bond acceptors (Lipinski definition) is 2. The lowest BCUT2D eigenvalue weighted by atomic mass is 9.94. The molecule has 1 amide bonds. The Labute approximate surface area is 128 Å². The normalized spacial score (nSPS) is 15.7. The highest BCUT2D eigenvalue weighted by Gasteiger charge is 2.50. The van der Waals surface area contributed by atoms with Crippen LogP contribution in [0, 0.1) is 0 Å². The van der Waals surface area contributed by atoms with Crippen LogP contribution >= 0.6 is 0 Å². The maximum atomic E-state index is 12.4. The van der Waals surface area contributed by atoms with Gasteiger partial charge in [-0.1, -0.05) is 51.2 Å². The van der Waals surface area contributed by atoms with Crippen molar-refractivity contribution in [3.05, 3.63) is 29.8 Å². The van der Waals surface area contributed by atoms with Crippen molar-refractivity contribution in [3.63, 3.8) is 0 Å². The van der Waals surface area contributed by atoms with Crippen LogP contribution in [0.25, 0.3) is 0 Å². The Balaban J connectivity index is 1.72. The smallest absolute Gasteiger partial charge is 0.230 e. The SMILES string of the molecule is CCCCCCCCNC(=O)C1(c2ccc(N)cc2)CC1. The zero-order valence-electron chi connectivity index (χ0n) is 13.2. The van der Waals surface area contributed by atoms with Gasteiger partial charge in [-0.2, -0.15) is 0 Å². The van der Waals surface area contributed by atoms with Crippen LogP contribution < -0.4 is 11.1 Å². The molecule has 0 aromatic heterocycles. The van der Waals surface area contributed by atoms with Crippen LogP contribution in [0.1, 0.15) is 63.9 Å². The van der Waals surface area contributed by atoms with Crippen molar-refractivity contribution in [2.45, 2.75) is 63.7 Å². The van der Waals surface area contributed by atoms with Gasteiger partial charge in [-0.3, -0.25) is 4.79 Å². The van der Waals surface area contributed by atoms with E-state index in [0.29, 0.717) is 0 Å². The van der Waals surface area contributed by atoms with Crippen LogP contribution in [0.5, 0.6) is 0 Å². The van der Waals surface area contributed by atoms with Crippen molar-refractivity contribution in [1.82, 2.24) is 5.32 Å². The predicted octanol–water partition coefficient (Wildman–Crippen LogP) is 3.78. The number of carbonyl (C=O) groups excluding carboxylic acids is 1. The van der Waals surface area contributed by atoms with Gasteiger partial charge in [-0.25, -0.2) is 0 Å². The van der Waals surface area contributed by atoms with Crippen LogP contribution in [0.4, 0.5) is 5.69 Å². The number of nitrogens with one attached hydrogen (secondary N) is 1. The highest BCUT2D eigenvalue weighted by atomic mass is 16.2. The van der Waals surface area contributed by atoms with Gasteiger partial charge in [0.25, 0.3) is 0 Å². The Hall–Kier alpha value is -1.51. The first-order valence-electron chi connectivity index (χ1n) is 8.33. The summed E-state index contributed by atoms with van der Waals surface area (Å²) >= 11 is 0. The molecule has 1 aliphatic rings. The second-order valence-electron chi connectivity index (χ2n) is 6.23. The van der Waals surface area contributed by atoms with Gasteiger partial charge in [-0.15, -0.1) is 0 Å². The maximum Gasteiger partial charge on any atom is 0.230 e. The first kappa shape index (κ1) is 15.9. The molecule has 0 spiro atoms. The second-order valence-corrected chi connectivity index (χ2v) is 6.23. The molecule has 116 valence electrons. The Kier molecular flexibility index (Phi) is 5.66. The number of nitrogen functional groups attached to an aromatic ring is 1. The molecule has 1 saturated carbocycles. The fourth-order valence-corrected chi connectivity index (χ4v) is 2.85. The third kappa shape index (κ3) is 4.23. The van der Waals surface area contributed by atoms with Gasteiger partial charge < -0.3 is 11.1 Å². The Morgan fingerprint density at radius 2 is 1.71 bits per heavy atom. The third-order valence-electron chi connectivity index (χ3n) is 4.46. The predicted molar refractivity (Wildman–Crippen MR) is 88.2 cm³/mol. The molecule has 1 aromatic rings. The minimum atomic E-state index is -0.268. The fourth-order valence-electron chi connectivity index (χ4n) is 2.85. The lowest BCUT2D eigenvalue weighted by Crippen LogP contribution is -2.35. The Morgan fingerprint density at radius 3 is 2.33 bits per heavy atom. The largest absolute Gasteiger partial charge is 0.399 e. The standard InChI is InChI=1S/C18H28N2O/c1-2-3-4-5-6-7-14-20-17(21)18(12-13-18)15-8-10-16(19)11-9-15/h8-11H,2-7,12-14,19H2,1H3,(H,20,21). The zero-order valence-corrected chi connectivity index (χ0v) is 13.2. The van der Waals surface area contributed by atoms with E-state index in [1.807, 2.05) is 24.3 Å². The average molecular weight is 288 g/mol. The molecular formula is C18H28N2O. The summed E-state index contributed by atoms with van der Waals surface area (Å²) in [5.74, 6) is 0.195. The summed E-state index contributed by atoms with van der Waals surface area (Å²) in [4.78, 5) is 12.4. The summed E-state index contributed by atoms with van der Waals surface area (Å²) in [6.07, 6.45) is 9.43. The highest BCUT2D eigenvalue weighted by Crippen LogP contribution is 2.48. The summed E-state index contributed by atoms with van der Waals surface area (Å²) in [6.45, 7) is 3.04. The number of hydrogen-bond donors (Lipinski definition) is 2. The monoisotopic (exact) mass is 288 g/mol. The zero-order chi connectivity index (χ0) is 15.1. The second kappa shape index (κ2) is 7.48. The van der Waals surface area contributed by atoms with Crippen LogP contribution in [0.2, 0.25) is 0 Å². The van der Waals surface area contributed by atoms with Gasteiger partial charge in [0.2, 0.25) is 5.91 Å². The van der Waals surface area contributed by atoms with Gasteiger partial charge in [0.05, 0.1) is 5.41 Å². The van der Waals surface area contributed by atoms with E-state index in [9.17, 15) is 4.79 Å². The average Bonchev–Trinajstić information content (AvgIpc) is 3.28. The maximum absolute atomic E-state index is 12.4. The number of rotatable bonds is 9. The van der Waals surface area contributed by atoms with Gasteiger partial charge in [-0.05, 0) is 37.0 Å². The number of nitrogens with two attached hydrogens (primary N) is 1. The number of unbranched alkanes of at least 4 members (excludes halogenated alkanes) is 5. The van der Waals surface area contributed by atoms with E-state index >= 15 is 0 Å². The lowest BCUT2D eigenvalue weighted by molar-refractivity contribution is -0.123. The van der Waals surface area contributed by atoms with Crippen molar-refractivity contribution in [2.75, 3.05) is 12.3 Å². The number of amides is 1. The van der Waals surface area contributed by atoms with Crippen molar-refractivity contribution in [1.29, 1.82) is 0 Å². The fraction of sp³-hybridized carbons (Fsp3) is 0.611. The molecule has 3 N–H and O–H groups in total. The van der Waals surface area contributed by atoms with Crippen molar-refractivity contribution >= 4 is 11.6 Å². The minimum absolute atomic E-state index is 0.195.